The fraction of sp³-hybridized carbons (Fsp3) is 0.778. The first-order chi connectivity index (χ1) is 7.84. The number of carbonyl (C=O) groups excluding carboxylic acids is 1. The number of amides is 1. The molecule has 1 aromatic heterocycles. The Morgan fingerprint density at radius 3 is 3.19 bits per heavy atom. The van der Waals surface area contributed by atoms with Crippen LogP contribution in [0, 0.1) is 0 Å². The number of nitrogens with zero attached hydrogens (tertiary/aromatic N) is 3. The molecule has 1 aliphatic rings. The van der Waals surface area contributed by atoms with E-state index < -0.39 is 0 Å². The van der Waals surface area contributed by atoms with Crippen molar-refractivity contribution in [3.63, 3.8) is 0 Å². The van der Waals surface area contributed by atoms with E-state index in [-0.39, 0.29) is 5.91 Å². The Hall–Kier alpha value is -1.08. The van der Waals surface area contributed by atoms with E-state index >= 15 is 0 Å². The minimum atomic E-state index is -0.00840. The van der Waals surface area contributed by atoms with Crippen LogP contribution in [-0.2, 0) is 4.79 Å². The van der Waals surface area contributed by atoms with E-state index in [1.807, 2.05) is 0 Å². The van der Waals surface area contributed by atoms with Crippen molar-refractivity contribution in [3.05, 3.63) is 0 Å². The predicted molar refractivity (Wildman–Crippen MR) is 61.2 cm³/mol. The van der Waals surface area contributed by atoms with Crippen LogP contribution in [0.3, 0.4) is 0 Å². The molecular weight excluding hydrogens is 226 g/mol. The average molecular weight is 241 g/mol. The number of hydrogen-bond donors (Lipinski definition) is 2. The highest BCUT2D eigenvalue weighted by Gasteiger charge is 2.14. The lowest BCUT2D eigenvalue weighted by Crippen LogP contribution is -2.34. The zero-order chi connectivity index (χ0) is 11.2. The molecule has 0 aromatic carbocycles. The fourth-order valence-electron chi connectivity index (χ4n) is 1.84. The van der Waals surface area contributed by atoms with Crippen molar-refractivity contribution >= 4 is 22.6 Å². The van der Waals surface area contributed by atoms with E-state index in [0.29, 0.717) is 17.6 Å². The van der Waals surface area contributed by atoms with E-state index in [1.54, 1.807) is 0 Å². The van der Waals surface area contributed by atoms with Gasteiger partial charge in [-0.25, -0.2) is 0 Å². The maximum Gasteiger partial charge on any atom is 0.231 e. The summed E-state index contributed by atoms with van der Waals surface area (Å²) in [5.41, 5.74) is 0. The summed E-state index contributed by atoms with van der Waals surface area (Å²) < 4.78 is 3.58. The molecule has 0 radical (unpaired) electrons. The van der Waals surface area contributed by atoms with Crippen LogP contribution in [0.15, 0.2) is 0 Å². The fourth-order valence-corrected chi connectivity index (χ4v) is 2.22. The van der Waals surface area contributed by atoms with Gasteiger partial charge in [-0.3, -0.25) is 10.1 Å². The molecule has 2 rings (SSSR count). The molecule has 1 saturated heterocycles. The zero-order valence-corrected chi connectivity index (χ0v) is 9.79. The Morgan fingerprint density at radius 1 is 1.56 bits per heavy atom. The van der Waals surface area contributed by atoms with E-state index in [9.17, 15) is 4.79 Å². The Kier molecular flexibility index (Phi) is 4.17. The number of rotatable bonds is 4. The van der Waals surface area contributed by atoms with E-state index in [2.05, 4.69) is 25.4 Å². The van der Waals surface area contributed by atoms with Gasteiger partial charge < -0.3 is 5.32 Å². The van der Waals surface area contributed by atoms with E-state index in [0.717, 1.165) is 24.5 Å². The first kappa shape index (κ1) is 11.4. The van der Waals surface area contributed by atoms with Gasteiger partial charge in [-0.15, -0.1) is 0 Å². The molecule has 0 spiro atoms. The summed E-state index contributed by atoms with van der Waals surface area (Å²) in [7, 11) is 0. The highest BCUT2D eigenvalue weighted by Crippen LogP contribution is 2.12. The summed E-state index contributed by atoms with van der Waals surface area (Å²) in [5.74, 6) is -0.00840. The smallest absolute Gasteiger partial charge is 0.231 e. The number of carbonyl (C=O) groups is 1. The lowest BCUT2D eigenvalue weighted by molar-refractivity contribution is -0.116. The molecule has 6 nitrogen and oxygen atoms in total. The molecule has 1 aromatic rings. The van der Waals surface area contributed by atoms with Crippen LogP contribution in [-0.4, -0.2) is 33.3 Å². The Labute approximate surface area is 98.0 Å². The van der Waals surface area contributed by atoms with Gasteiger partial charge in [0, 0.05) is 24.0 Å². The molecule has 1 amide bonds. The number of aromatic nitrogens is 3. The Bertz CT molecular complexity index is 323. The van der Waals surface area contributed by atoms with Gasteiger partial charge >= 0.3 is 0 Å². The van der Waals surface area contributed by atoms with Gasteiger partial charge in [-0.1, -0.05) is 16.0 Å². The number of nitrogens with one attached hydrogen (secondary N) is 2. The predicted octanol–water partition coefficient (Wildman–Crippen LogP) is 0.794. The van der Waals surface area contributed by atoms with Crippen LogP contribution in [0.25, 0.3) is 0 Å². The van der Waals surface area contributed by atoms with Crippen LogP contribution in [0.2, 0.25) is 0 Å². The number of piperidine rings is 1. The van der Waals surface area contributed by atoms with Gasteiger partial charge in [0.15, 0.2) is 0 Å². The van der Waals surface area contributed by atoms with Gasteiger partial charge in [0.2, 0.25) is 11.0 Å². The second kappa shape index (κ2) is 5.86. The third kappa shape index (κ3) is 3.49. The van der Waals surface area contributed by atoms with Crippen molar-refractivity contribution in [3.8, 4) is 0 Å². The van der Waals surface area contributed by atoms with Crippen molar-refractivity contribution in [1.82, 2.24) is 20.1 Å². The van der Waals surface area contributed by atoms with Crippen LogP contribution >= 0.6 is 11.5 Å². The Balaban J connectivity index is 1.67. The van der Waals surface area contributed by atoms with Gasteiger partial charge in [-0.2, -0.15) is 0 Å². The largest absolute Gasteiger partial charge is 0.314 e. The van der Waals surface area contributed by atoms with Crippen LogP contribution in [0.1, 0.15) is 32.1 Å². The van der Waals surface area contributed by atoms with Crippen molar-refractivity contribution in [2.75, 3.05) is 11.9 Å². The highest BCUT2D eigenvalue weighted by molar-refractivity contribution is 7.09. The molecule has 1 fully saturated rings. The Morgan fingerprint density at radius 2 is 2.50 bits per heavy atom. The standard InChI is InChI=1S/C9H15N5OS/c15-8(11-9-12-13-14-16-9)5-4-7-3-1-2-6-10-7/h7,10H,1-6H2,(H,11,12,14,15). The van der Waals surface area contributed by atoms with Gasteiger partial charge in [0.1, 0.15) is 0 Å². The van der Waals surface area contributed by atoms with Crippen LogP contribution in [0.4, 0.5) is 5.13 Å². The summed E-state index contributed by atoms with van der Waals surface area (Å²) in [6, 6.07) is 0.493. The van der Waals surface area contributed by atoms with Crippen molar-refractivity contribution in [2.24, 2.45) is 0 Å². The molecule has 0 aliphatic carbocycles. The molecular formula is C9H15N5OS. The minimum absolute atomic E-state index is 0.00840. The molecule has 88 valence electrons. The molecule has 2 heterocycles. The molecule has 1 aliphatic heterocycles. The number of anilines is 1. The maximum absolute atomic E-state index is 11.5. The first-order valence-electron chi connectivity index (χ1n) is 5.53. The molecule has 2 N–H and O–H groups in total. The lowest BCUT2D eigenvalue weighted by Gasteiger charge is -2.22. The number of hydrogen-bond acceptors (Lipinski definition) is 6. The third-order valence-electron chi connectivity index (χ3n) is 2.68. The highest BCUT2D eigenvalue weighted by atomic mass is 32.1. The molecule has 1 unspecified atom stereocenters. The van der Waals surface area contributed by atoms with E-state index in [1.165, 1.54) is 19.3 Å². The zero-order valence-electron chi connectivity index (χ0n) is 8.98. The normalized spacial score (nSPS) is 20.6. The van der Waals surface area contributed by atoms with Crippen LogP contribution < -0.4 is 10.6 Å². The summed E-state index contributed by atoms with van der Waals surface area (Å²) in [4.78, 5) is 11.5. The third-order valence-corrected chi connectivity index (χ3v) is 3.19. The summed E-state index contributed by atoms with van der Waals surface area (Å²) in [5, 5.41) is 13.6. The molecule has 0 bridgehead atoms. The van der Waals surface area contributed by atoms with Gasteiger partial charge in [0.05, 0.1) is 0 Å². The van der Waals surface area contributed by atoms with E-state index in [4.69, 9.17) is 0 Å². The summed E-state index contributed by atoms with van der Waals surface area (Å²) in [6.45, 7) is 1.08. The molecule has 1 atom stereocenters. The van der Waals surface area contributed by atoms with Gasteiger partial charge in [0.25, 0.3) is 0 Å². The summed E-state index contributed by atoms with van der Waals surface area (Å²) >= 11 is 1.09. The van der Waals surface area contributed by atoms with Crippen molar-refractivity contribution in [1.29, 1.82) is 0 Å². The molecule has 0 saturated carbocycles. The minimum Gasteiger partial charge on any atom is -0.314 e. The average Bonchev–Trinajstić information content (AvgIpc) is 2.81. The second-order valence-electron chi connectivity index (χ2n) is 3.90. The SMILES string of the molecule is O=C(CCC1CCCCN1)Nc1nnns1. The van der Waals surface area contributed by atoms with Gasteiger partial charge in [-0.05, 0) is 31.0 Å². The monoisotopic (exact) mass is 241 g/mol. The van der Waals surface area contributed by atoms with Crippen molar-refractivity contribution < 1.29 is 4.79 Å². The maximum atomic E-state index is 11.5. The van der Waals surface area contributed by atoms with Crippen molar-refractivity contribution in [2.45, 2.75) is 38.1 Å². The first-order valence-corrected chi connectivity index (χ1v) is 6.30. The lowest BCUT2D eigenvalue weighted by atomic mass is 10.0. The molecule has 16 heavy (non-hydrogen) atoms. The summed E-state index contributed by atoms with van der Waals surface area (Å²) in [6.07, 6.45) is 5.10. The second-order valence-corrected chi connectivity index (χ2v) is 4.63. The van der Waals surface area contributed by atoms with Crippen LogP contribution in [0.5, 0.6) is 0 Å². The topological polar surface area (TPSA) is 79.8 Å². The molecule has 7 heteroatoms. The quantitative estimate of drug-likeness (QED) is 0.815.